The number of halogens is 2. The Labute approximate surface area is 162 Å². The smallest absolute Gasteiger partial charge is 0.232 e. The Kier molecular flexibility index (Phi) is 5.27. The first-order valence-electron chi connectivity index (χ1n) is 7.74. The van der Waals surface area contributed by atoms with E-state index < -0.39 is 10.0 Å². The Hall–Kier alpha value is -2.02. The van der Waals surface area contributed by atoms with E-state index in [2.05, 4.69) is 4.98 Å². The lowest BCUT2D eigenvalue weighted by Gasteiger charge is -2.23. The van der Waals surface area contributed by atoms with Crippen LogP contribution < -0.4 is 4.31 Å². The number of anilines is 1. The molecule has 136 valence electrons. The van der Waals surface area contributed by atoms with Crippen molar-refractivity contribution in [1.82, 2.24) is 9.55 Å². The SMILES string of the molecule is Cn1cnc(-c2ccc(N(Cc3cccc(Cl)c3Cl)S(C)(=O)=O)cc2)c1. The van der Waals surface area contributed by atoms with Gasteiger partial charge in [-0.15, -0.1) is 0 Å². The summed E-state index contributed by atoms with van der Waals surface area (Å²) in [5, 5.41) is 0.746. The maximum absolute atomic E-state index is 12.3. The number of nitrogens with zero attached hydrogens (tertiary/aromatic N) is 3. The number of sulfonamides is 1. The van der Waals surface area contributed by atoms with Crippen LogP contribution in [0.4, 0.5) is 5.69 Å². The normalized spacial score (nSPS) is 11.5. The molecule has 0 atom stereocenters. The largest absolute Gasteiger partial charge is 0.340 e. The van der Waals surface area contributed by atoms with Gasteiger partial charge in [0.25, 0.3) is 0 Å². The highest BCUT2D eigenvalue weighted by Crippen LogP contribution is 2.30. The molecule has 0 fully saturated rings. The highest BCUT2D eigenvalue weighted by molar-refractivity contribution is 7.92. The summed E-state index contributed by atoms with van der Waals surface area (Å²) in [5.74, 6) is 0. The molecular weight excluding hydrogens is 393 g/mol. The van der Waals surface area contributed by atoms with Gasteiger partial charge in [-0.2, -0.15) is 0 Å². The summed E-state index contributed by atoms with van der Waals surface area (Å²) in [6.07, 6.45) is 4.78. The van der Waals surface area contributed by atoms with E-state index >= 15 is 0 Å². The average Bonchev–Trinajstić information content (AvgIpc) is 3.02. The number of aryl methyl sites for hydroxylation is 1. The van der Waals surface area contributed by atoms with Crippen molar-refractivity contribution in [2.75, 3.05) is 10.6 Å². The second-order valence-corrected chi connectivity index (χ2v) is 8.65. The van der Waals surface area contributed by atoms with E-state index in [1.807, 2.05) is 29.9 Å². The van der Waals surface area contributed by atoms with E-state index in [9.17, 15) is 8.42 Å². The Morgan fingerprint density at radius 2 is 1.81 bits per heavy atom. The topological polar surface area (TPSA) is 55.2 Å². The molecule has 1 aromatic heterocycles. The van der Waals surface area contributed by atoms with Crippen LogP contribution in [-0.4, -0.2) is 24.2 Å². The van der Waals surface area contributed by atoms with Gasteiger partial charge in [-0.05, 0) is 23.8 Å². The quantitative estimate of drug-likeness (QED) is 0.628. The third kappa shape index (κ3) is 4.03. The van der Waals surface area contributed by atoms with Crippen LogP contribution in [0.3, 0.4) is 0 Å². The molecule has 0 amide bonds. The molecule has 26 heavy (non-hydrogen) atoms. The minimum absolute atomic E-state index is 0.0984. The third-order valence-corrected chi connectivity index (χ3v) is 5.90. The molecule has 0 aliphatic carbocycles. The number of benzene rings is 2. The first-order chi connectivity index (χ1) is 12.3. The van der Waals surface area contributed by atoms with Crippen molar-refractivity contribution in [2.45, 2.75) is 6.54 Å². The minimum atomic E-state index is -3.51. The van der Waals surface area contributed by atoms with Crippen LogP contribution in [0.1, 0.15) is 5.56 Å². The number of imidazole rings is 1. The molecule has 2 aromatic carbocycles. The van der Waals surface area contributed by atoms with Gasteiger partial charge in [0.15, 0.2) is 0 Å². The van der Waals surface area contributed by atoms with E-state index in [0.717, 1.165) is 17.5 Å². The van der Waals surface area contributed by atoms with Crippen LogP contribution in [0.25, 0.3) is 11.3 Å². The van der Waals surface area contributed by atoms with Crippen LogP contribution in [0.2, 0.25) is 10.0 Å². The molecule has 3 rings (SSSR count). The van der Waals surface area contributed by atoms with Crippen molar-refractivity contribution >= 4 is 38.9 Å². The van der Waals surface area contributed by atoms with Gasteiger partial charge in [-0.1, -0.05) is 47.5 Å². The zero-order valence-electron chi connectivity index (χ0n) is 14.2. The molecule has 5 nitrogen and oxygen atoms in total. The minimum Gasteiger partial charge on any atom is -0.340 e. The third-order valence-electron chi connectivity index (χ3n) is 3.90. The fraction of sp³-hybridized carbons (Fsp3) is 0.167. The van der Waals surface area contributed by atoms with Gasteiger partial charge in [0, 0.05) is 18.8 Å². The lowest BCUT2D eigenvalue weighted by molar-refractivity contribution is 0.596. The standard InChI is InChI=1S/C18H17Cl2N3O2S/c1-22-11-17(21-12-22)13-6-8-15(9-7-13)23(26(2,24)25)10-14-4-3-5-16(19)18(14)20/h3-9,11-12H,10H2,1-2H3. The summed E-state index contributed by atoms with van der Waals surface area (Å²) in [7, 11) is -1.61. The zero-order valence-corrected chi connectivity index (χ0v) is 16.6. The van der Waals surface area contributed by atoms with Gasteiger partial charge in [-0.3, -0.25) is 4.31 Å². The van der Waals surface area contributed by atoms with Gasteiger partial charge < -0.3 is 4.57 Å². The van der Waals surface area contributed by atoms with Gasteiger partial charge >= 0.3 is 0 Å². The molecule has 8 heteroatoms. The molecule has 0 saturated carbocycles. The van der Waals surface area contributed by atoms with Crippen LogP contribution in [0.5, 0.6) is 0 Å². The fourth-order valence-corrected chi connectivity index (χ4v) is 3.84. The van der Waals surface area contributed by atoms with Crippen molar-refractivity contribution in [3.8, 4) is 11.3 Å². The predicted octanol–water partition coefficient (Wildman–Crippen LogP) is 4.36. The Bertz CT molecular complexity index is 1030. The fourth-order valence-electron chi connectivity index (χ4n) is 2.59. The van der Waals surface area contributed by atoms with Crippen LogP contribution >= 0.6 is 23.2 Å². The summed E-state index contributed by atoms with van der Waals surface area (Å²) in [6.45, 7) is 0.0984. The molecule has 0 radical (unpaired) electrons. The lowest BCUT2D eigenvalue weighted by Crippen LogP contribution is -2.29. The average molecular weight is 410 g/mol. The lowest BCUT2D eigenvalue weighted by atomic mass is 10.1. The van der Waals surface area contributed by atoms with Crippen LogP contribution in [0, 0.1) is 0 Å². The van der Waals surface area contributed by atoms with E-state index in [0.29, 0.717) is 21.3 Å². The van der Waals surface area contributed by atoms with Crippen LogP contribution in [0.15, 0.2) is 55.0 Å². The van der Waals surface area contributed by atoms with E-state index in [4.69, 9.17) is 23.2 Å². The maximum Gasteiger partial charge on any atom is 0.232 e. The summed E-state index contributed by atoms with van der Waals surface area (Å²) < 4.78 is 27.8. The molecule has 0 saturated heterocycles. The molecule has 3 aromatic rings. The molecule has 0 N–H and O–H groups in total. The second kappa shape index (κ2) is 7.31. The van der Waals surface area contributed by atoms with Crippen molar-refractivity contribution in [3.05, 3.63) is 70.6 Å². The second-order valence-electron chi connectivity index (χ2n) is 5.95. The number of rotatable bonds is 5. The Morgan fingerprint density at radius 3 is 2.38 bits per heavy atom. The molecule has 1 heterocycles. The van der Waals surface area contributed by atoms with Crippen molar-refractivity contribution in [2.24, 2.45) is 7.05 Å². The Balaban J connectivity index is 1.95. The predicted molar refractivity (Wildman–Crippen MR) is 106 cm³/mol. The van der Waals surface area contributed by atoms with Gasteiger partial charge in [0.1, 0.15) is 0 Å². The highest BCUT2D eigenvalue weighted by Gasteiger charge is 2.20. The molecule has 0 aliphatic rings. The van der Waals surface area contributed by atoms with Crippen molar-refractivity contribution in [1.29, 1.82) is 0 Å². The summed E-state index contributed by atoms with van der Waals surface area (Å²) in [5.41, 5.74) is 2.91. The van der Waals surface area contributed by atoms with E-state index in [1.165, 1.54) is 4.31 Å². The van der Waals surface area contributed by atoms with E-state index in [-0.39, 0.29) is 6.54 Å². The first kappa shape index (κ1) is 18.8. The van der Waals surface area contributed by atoms with Gasteiger partial charge in [-0.25, -0.2) is 13.4 Å². The Morgan fingerprint density at radius 1 is 1.12 bits per heavy atom. The first-order valence-corrected chi connectivity index (χ1v) is 10.3. The number of aromatic nitrogens is 2. The molecule has 0 bridgehead atoms. The summed E-state index contributed by atoms with van der Waals surface area (Å²) in [4.78, 5) is 4.30. The molecule has 0 spiro atoms. The van der Waals surface area contributed by atoms with Crippen molar-refractivity contribution in [3.63, 3.8) is 0 Å². The molecular formula is C18H17Cl2N3O2S. The summed E-state index contributed by atoms with van der Waals surface area (Å²) in [6, 6.07) is 12.4. The monoisotopic (exact) mass is 409 g/mol. The molecule has 0 unspecified atom stereocenters. The van der Waals surface area contributed by atoms with Gasteiger partial charge in [0.2, 0.25) is 10.0 Å². The van der Waals surface area contributed by atoms with E-state index in [1.54, 1.807) is 36.7 Å². The number of hydrogen-bond donors (Lipinski definition) is 0. The zero-order chi connectivity index (χ0) is 18.9. The molecule has 0 aliphatic heterocycles. The maximum atomic E-state index is 12.3. The summed E-state index contributed by atoms with van der Waals surface area (Å²) >= 11 is 12.3. The van der Waals surface area contributed by atoms with Crippen LogP contribution in [-0.2, 0) is 23.6 Å². The highest BCUT2D eigenvalue weighted by atomic mass is 35.5. The number of hydrogen-bond acceptors (Lipinski definition) is 3. The van der Waals surface area contributed by atoms with Crippen molar-refractivity contribution < 1.29 is 8.42 Å². The van der Waals surface area contributed by atoms with Gasteiger partial charge in [0.05, 0.1) is 40.6 Å².